The van der Waals surface area contributed by atoms with Crippen LogP contribution in [-0.4, -0.2) is 18.1 Å². The summed E-state index contributed by atoms with van der Waals surface area (Å²) in [5.74, 6) is 0.986. The molecule has 16 heavy (non-hydrogen) atoms. The zero-order chi connectivity index (χ0) is 11.2. The number of anilines is 1. The third kappa shape index (κ3) is 1.46. The number of nitrogens with zero attached hydrogens (tertiary/aromatic N) is 3. The van der Waals surface area contributed by atoms with E-state index in [2.05, 4.69) is 23.0 Å². The number of hydrogen-bond acceptors (Lipinski definition) is 3. The SMILES string of the molecule is CN(c1ccc(C#N)cn1)C1CC2(CC2)C1. The predicted molar refractivity (Wildman–Crippen MR) is 62.0 cm³/mol. The van der Waals surface area contributed by atoms with Gasteiger partial charge in [0.1, 0.15) is 11.9 Å². The van der Waals surface area contributed by atoms with Gasteiger partial charge in [-0.15, -0.1) is 0 Å². The first kappa shape index (κ1) is 9.65. The van der Waals surface area contributed by atoms with E-state index in [0.717, 1.165) is 11.2 Å². The Labute approximate surface area is 95.7 Å². The van der Waals surface area contributed by atoms with E-state index in [-0.39, 0.29) is 0 Å². The zero-order valence-corrected chi connectivity index (χ0v) is 9.48. The largest absolute Gasteiger partial charge is 0.357 e. The highest BCUT2D eigenvalue weighted by molar-refractivity contribution is 5.43. The van der Waals surface area contributed by atoms with Crippen LogP contribution in [0, 0.1) is 16.7 Å². The van der Waals surface area contributed by atoms with Gasteiger partial charge in [-0.25, -0.2) is 4.98 Å². The lowest BCUT2D eigenvalue weighted by atomic mass is 9.76. The molecule has 1 aromatic heterocycles. The fourth-order valence-corrected chi connectivity index (χ4v) is 2.65. The Kier molecular flexibility index (Phi) is 1.94. The molecule has 2 aliphatic rings. The van der Waals surface area contributed by atoms with E-state index in [1.54, 1.807) is 6.20 Å². The fraction of sp³-hybridized carbons (Fsp3) is 0.538. The number of nitriles is 1. The molecule has 2 fully saturated rings. The molecule has 0 aromatic carbocycles. The molecule has 0 saturated heterocycles. The van der Waals surface area contributed by atoms with Crippen LogP contribution in [0.2, 0.25) is 0 Å². The van der Waals surface area contributed by atoms with E-state index in [4.69, 9.17) is 5.26 Å². The summed E-state index contributed by atoms with van der Waals surface area (Å²) < 4.78 is 0. The molecule has 0 radical (unpaired) electrons. The summed E-state index contributed by atoms with van der Waals surface area (Å²) in [6, 6.07) is 6.53. The Bertz CT molecular complexity index is 431. The smallest absolute Gasteiger partial charge is 0.128 e. The molecule has 0 unspecified atom stereocenters. The van der Waals surface area contributed by atoms with Crippen LogP contribution in [0.5, 0.6) is 0 Å². The Hall–Kier alpha value is -1.56. The van der Waals surface area contributed by atoms with Crippen LogP contribution < -0.4 is 4.90 Å². The molecular weight excluding hydrogens is 198 g/mol. The summed E-state index contributed by atoms with van der Waals surface area (Å²) in [6.07, 6.45) is 7.16. The number of hydrogen-bond donors (Lipinski definition) is 0. The average Bonchev–Trinajstić information content (AvgIpc) is 3.06. The molecule has 2 aliphatic carbocycles. The van der Waals surface area contributed by atoms with Crippen LogP contribution in [0.4, 0.5) is 5.82 Å². The van der Waals surface area contributed by atoms with Gasteiger partial charge >= 0.3 is 0 Å². The van der Waals surface area contributed by atoms with Gasteiger partial charge in [-0.3, -0.25) is 0 Å². The Morgan fingerprint density at radius 3 is 2.69 bits per heavy atom. The number of pyridine rings is 1. The van der Waals surface area contributed by atoms with Crippen molar-refractivity contribution in [2.45, 2.75) is 31.7 Å². The maximum absolute atomic E-state index is 8.71. The average molecular weight is 213 g/mol. The van der Waals surface area contributed by atoms with Gasteiger partial charge in [-0.2, -0.15) is 5.26 Å². The van der Waals surface area contributed by atoms with E-state index in [9.17, 15) is 0 Å². The van der Waals surface area contributed by atoms with E-state index in [1.807, 2.05) is 12.1 Å². The van der Waals surface area contributed by atoms with Gasteiger partial charge < -0.3 is 4.90 Å². The highest BCUT2D eigenvalue weighted by Crippen LogP contribution is 2.61. The van der Waals surface area contributed by atoms with Gasteiger partial charge in [0.25, 0.3) is 0 Å². The molecule has 2 saturated carbocycles. The molecule has 3 heteroatoms. The highest BCUT2D eigenvalue weighted by Gasteiger charge is 2.54. The van der Waals surface area contributed by atoms with Crippen LogP contribution in [0.3, 0.4) is 0 Å². The molecular formula is C13H15N3. The summed E-state index contributed by atoms with van der Waals surface area (Å²) in [7, 11) is 2.11. The minimum Gasteiger partial charge on any atom is -0.357 e. The predicted octanol–water partition coefficient (Wildman–Crippen LogP) is 2.33. The zero-order valence-electron chi connectivity index (χ0n) is 9.48. The number of aromatic nitrogens is 1. The van der Waals surface area contributed by atoms with Crippen LogP contribution in [-0.2, 0) is 0 Å². The summed E-state index contributed by atoms with van der Waals surface area (Å²) in [4.78, 5) is 6.58. The topological polar surface area (TPSA) is 39.9 Å². The van der Waals surface area contributed by atoms with Crippen molar-refractivity contribution in [1.29, 1.82) is 5.26 Å². The monoisotopic (exact) mass is 213 g/mol. The van der Waals surface area contributed by atoms with Crippen LogP contribution in [0.25, 0.3) is 0 Å². The number of rotatable bonds is 2. The van der Waals surface area contributed by atoms with Gasteiger partial charge in [0.15, 0.2) is 0 Å². The minimum atomic E-state index is 0.629. The van der Waals surface area contributed by atoms with E-state index in [0.29, 0.717) is 11.6 Å². The van der Waals surface area contributed by atoms with Gasteiger partial charge in [-0.05, 0) is 43.2 Å². The quantitative estimate of drug-likeness (QED) is 0.757. The van der Waals surface area contributed by atoms with Crippen molar-refractivity contribution in [2.24, 2.45) is 5.41 Å². The van der Waals surface area contributed by atoms with Gasteiger partial charge in [0.05, 0.1) is 5.56 Å². The summed E-state index contributed by atoms with van der Waals surface area (Å²) >= 11 is 0. The standard InChI is InChI=1S/C13H15N3/c1-16(11-6-13(7-11)4-5-13)12-3-2-10(8-14)9-15-12/h2-3,9,11H,4-7H2,1H3. The van der Waals surface area contributed by atoms with Crippen molar-refractivity contribution >= 4 is 5.82 Å². The second kappa shape index (κ2) is 3.21. The minimum absolute atomic E-state index is 0.629. The Morgan fingerprint density at radius 1 is 1.44 bits per heavy atom. The first-order valence-corrected chi connectivity index (χ1v) is 5.81. The molecule has 0 N–H and O–H groups in total. The Balaban J connectivity index is 1.69. The van der Waals surface area contributed by atoms with E-state index >= 15 is 0 Å². The molecule has 82 valence electrons. The maximum Gasteiger partial charge on any atom is 0.128 e. The van der Waals surface area contributed by atoms with Crippen LogP contribution in [0.1, 0.15) is 31.2 Å². The highest BCUT2D eigenvalue weighted by atomic mass is 15.2. The molecule has 3 rings (SSSR count). The lowest BCUT2D eigenvalue weighted by molar-refractivity contribution is 0.232. The van der Waals surface area contributed by atoms with Gasteiger partial charge in [0.2, 0.25) is 0 Å². The van der Waals surface area contributed by atoms with Crippen molar-refractivity contribution < 1.29 is 0 Å². The Morgan fingerprint density at radius 2 is 2.19 bits per heavy atom. The summed E-state index contributed by atoms with van der Waals surface area (Å²) in [6.45, 7) is 0. The first-order chi connectivity index (χ1) is 7.72. The van der Waals surface area contributed by atoms with Crippen LogP contribution in [0.15, 0.2) is 18.3 Å². The summed E-state index contributed by atoms with van der Waals surface area (Å²) in [5, 5.41) is 8.71. The molecule has 0 aliphatic heterocycles. The molecule has 1 aromatic rings. The van der Waals surface area contributed by atoms with Gasteiger partial charge in [-0.1, -0.05) is 0 Å². The molecule has 0 amide bonds. The van der Waals surface area contributed by atoms with Crippen molar-refractivity contribution in [3.05, 3.63) is 23.9 Å². The third-order valence-electron chi connectivity index (χ3n) is 4.08. The van der Waals surface area contributed by atoms with E-state index < -0.39 is 0 Å². The van der Waals surface area contributed by atoms with Crippen molar-refractivity contribution in [2.75, 3.05) is 11.9 Å². The normalized spacial score (nSPS) is 21.2. The van der Waals surface area contributed by atoms with Crippen molar-refractivity contribution in [3.63, 3.8) is 0 Å². The third-order valence-corrected chi connectivity index (χ3v) is 4.08. The summed E-state index contributed by atoms with van der Waals surface area (Å²) in [5.41, 5.74) is 1.36. The first-order valence-electron chi connectivity index (χ1n) is 5.81. The molecule has 0 atom stereocenters. The van der Waals surface area contributed by atoms with Crippen LogP contribution >= 0.6 is 0 Å². The van der Waals surface area contributed by atoms with Gasteiger partial charge in [0, 0.05) is 19.3 Å². The van der Waals surface area contributed by atoms with Crippen molar-refractivity contribution in [1.82, 2.24) is 4.98 Å². The molecule has 1 heterocycles. The molecule has 1 spiro atoms. The second-order valence-corrected chi connectivity index (χ2v) is 5.19. The van der Waals surface area contributed by atoms with E-state index in [1.165, 1.54) is 25.7 Å². The molecule has 3 nitrogen and oxygen atoms in total. The maximum atomic E-state index is 8.71. The van der Waals surface area contributed by atoms with Crippen molar-refractivity contribution in [3.8, 4) is 6.07 Å². The lowest BCUT2D eigenvalue weighted by Gasteiger charge is -2.42. The molecule has 0 bridgehead atoms. The second-order valence-electron chi connectivity index (χ2n) is 5.19. The lowest BCUT2D eigenvalue weighted by Crippen LogP contribution is -2.44. The fourth-order valence-electron chi connectivity index (χ4n) is 2.65.